The Morgan fingerprint density at radius 2 is 1.76 bits per heavy atom. The molecule has 4 atom stereocenters. The number of aliphatic carboxylic acids is 1. The highest BCUT2D eigenvalue weighted by Crippen LogP contribution is 2.61. The highest BCUT2D eigenvalue weighted by atomic mass is 16.4. The van der Waals surface area contributed by atoms with Crippen molar-refractivity contribution >= 4 is 17.7 Å². The van der Waals surface area contributed by atoms with E-state index in [4.69, 9.17) is 5.11 Å². The second-order valence-corrected chi connectivity index (χ2v) is 8.54. The summed E-state index contributed by atoms with van der Waals surface area (Å²) in [5.41, 5.74) is 0.255. The summed E-state index contributed by atoms with van der Waals surface area (Å²) in [4.78, 5) is 35.0. The third-order valence-corrected chi connectivity index (χ3v) is 6.47. The Hall–Kier alpha value is -1.39. The molecule has 2 N–H and O–H groups in total. The minimum Gasteiger partial charge on any atom is -0.481 e. The van der Waals surface area contributed by atoms with E-state index < -0.39 is 5.97 Å². The molecule has 1 amide bonds. The number of carboxylic acids is 1. The number of hydrogen-bond acceptors (Lipinski definition) is 3. The fourth-order valence-electron chi connectivity index (χ4n) is 4.81. The lowest BCUT2D eigenvalue weighted by molar-refractivity contribution is -0.141. The third kappa shape index (κ3) is 4.83. The highest BCUT2D eigenvalue weighted by Gasteiger charge is 2.58. The summed E-state index contributed by atoms with van der Waals surface area (Å²) in [5.74, 6) is 0.876. The molecule has 0 aromatic carbocycles. The lowest BCUT2D eigenvalue weighted by Crippen LogP contribution is -2.63. The number of nitrogens with one attached hydrogen (secondary N) is 1. The molecule has 2 bridgehead atoms. The number of ketones is 1. The normalized spacial score (nSPS) is 29.6. The largest absolute Gasteiger partial charge is 0.481 e. The van der Waals surface area contributed by atoms with Gasteiger partial charge in [0.05, 0.1) is 0 Å². The quantitative estimate of drug-likeness (QED) is 0.590. The number of carboxylic acid groups (broad SMARTS) is 1. The van der Waals surface area contributed by atoms with Crippen molar-refractivity contribution in [2.45, 2.75) is 84.6 Å². The maximum atomic E-state index is 12.3. The molecule has 0 spiro atoms. The predicted molar refractivity (Wildman–Crippen MR) is 96.1 cm³/mol. The van der Waals surface area contributed by atoms with E-state index in [-0.39, 0.29) is 35.5 Å². The van der Waals surface area contributed by atoms with E-state index in [1.165, 1.54) is 0 Å². The first kappa shape index (κ1) is 19.9. The minimum absolute atomic E-state index is 0.104. The van der Waals surface area contributed by atoms with E-state index in [2.05, 4.69) is 19.2 Å². The number of Topliss-reactive ketones (excluding diaryl/α,β-unsaturated/α-hetero) is 1. The monoisotopic (exact) mass is 351 g/mol. The molecule has 0 aliphatic heterocycles. The first-order valence-corrected chi connectivity index (χ1v) is 9.78. The van der Waals surface area contributed by atoms with Crippen molar-refractivity contribution in [1.29, 1.82) is 0 Å². The Bertz CT molecular complexity index is 514. The van der Waals surface area contributed by atoms with Gasteiger partial charge in [-0.05, 0) is 55.3 Å². The van der Waals surface area contributed by atoms with Crippen molar-refractivity contribution < 1.29 is 19.5 Å². The van der Waals surface area contributed by atoms with Crippen molar-refractivity contribution in [3.8, 4) is 0 Å². The Morgan fingerprint density at radius 3 is 2.36 bits per heavy atom. The summed E-state index contributed by atoms with van der Waals surface area (Å²) >= 11 is 0. The summed E-state index contributed by atoms with van der Waals surface area (Å²) in [6, 6.07) is 0.113. The zero-order valence-corrected chi connectivity index (χ0v) is 15.8. The topological polar surface area (TPSA) is 83.5 Å². The second-order valence-electron chi connectivity index (χ2n) is 8.54. The van der Waals surface area contributed by atoms with Gasteiger partial charge in [0.25, 0.3) is 0 Å². The van der Waals surface area contributed by atoms with Gasteiger partial charge in [0, 0.05) is 31.7 Å². The molecule has 5 heteroatoms. The third-order valence-electron chi connectivity index (χ3n) is 6.47. The first-order valence-electron chi connectivity index (χ1n) is 9.78. The standard InChI is InChI=1S/C20H33NO4/c1-4-7-17(23)21-19-13(10-14-12-16(19)20(14,2)3)11-15(22)8-5-6-9-18(24)25/h13-14,16,19H,4-12H2,1-3H3,(H,21,23)(H,24,25)/t13-,14-,16-,19?/m1/s1. The fraction of sp³-hybridized carbons (Fsp3) is 0.850. The van der Waals surface area contributed by atoms with Crippen LogP contribution < -0.4 is 5.32 Å². The molecule has 3 fully saturated rings. The van der Waals surface area contributed by atoms with Gasteiger partial charge in [-0.1, -0.05) is 20.8 Å². The zero-order valence-electron chi connectivity index (χ0n) is 15.8. The van der Waals surface area contributed by atoms with Crippen LogP contribution in [0.15, 0.2) is 0 Å². The van der Waals surface area contributed by atoms with Gasteiger partial charge in [0.2, 0.25) is 5.91 Å². The lowest BCUT2D eigenvalue weighted by Gasteiger charge is -2.62. The van der Waals surface area contributed by atoms with Crippen LogP contribution in [0.4, 0.5) is 0 Å². The SMILES string of the molecule is CCCC(=O)NC1[C@@H](CC(=O)CCCCC(=O)O)C[C@@H]2C[C@H]1C2(C)C. The van der Waals surface area contributed by atoms with Crippen molar-refractivity contribution in [3.63, 3.8) is 0 Å². The molecule has 5 nitrogen and oxygen atoms in total. The maximum absolute atomic E-state index is 12.3. The summed E-state index contributed by atoms with van der Waals surface area (Å²) in [7, 11) is 0. The molecular weight excluding hydrogens is 318 g/mol. The number of hydrogen-bond donors (Lipinski definition) is 2. The van der Waals surface area contributed by atoms with Crippen LogP contribution in [0.1, 0.15) is 78.6 Å². The van der Waals surface area contributed by atoms with Crippen LogP contribution in [-0.2, 0) is 14.4 Å². The van der Waals surface area contributed by atoms with Crippen LogP contribution in [-0.4, -0.2) is 28.8 Å². The summed E-state index contributed by atoms with van der Waals surface area (Å²) in [6.45, 7) is 6.57. The van der Waals surface area contributed by atoms with Crippen LogP contribution in [0.3, 0.4) is 0 Å². The molecule has 0 radical (unpaired) electrons. The van der Waals surface area contributed by atoms with E-state index in [0.29, 0.717) is 43.9 Å². The van der Waals surface area contributed by atoms with Gasteiger partial charge in [0.1, 0.15) is 5.78 Å². The number of unbranched alkanes of at least 4 members (excludes halogenated alkanes) is 1. The molecule has 0 saturated heterocycles. The molecule has 3 aliphatic rings. The molecule has 3 rings (SSSR count). The molecule has 0 heterocycles. The van der Waals surface area contributed by atoms with E-state index >= 15 is 0 Å². The molecule has 3 saturated carbocycles. The predicted octanol–water partition coefficient (Wildman–Crippen LogP) is 3.56. The Balaban J connectivity index is 1.89. The van der Waals surface area contributed by atoms with Gasteiger partial charge in [-0.2, -0.15) is 0 Å². The van der Waals surface area contributed by atoms with Gasteiger partial charge in [0.15, 0.2) is 0 Å². The Kier molecular flexibility index (Phi) is 6.64. The van der Waals surface area contributed by atoms with Crippen molar-refractivity contribution in [2.75, 3.05) is 0 Å². The van der Waals surface area contributed by atoms with Crippen molar-refractivity contribution in [1.82, 2.24) is 5.32 Å². The number of carbonyl (C=O) groups is 3. The van der Waals surface area contributed by atoms with E-state index in [9.17, 15) is 14.4 Å². The molecule has 25 heavy (non-hydrogen) atoms. The van der Waals surface area contributed by atoms with Gasteiger partial charge < -0.3 is 10.4 Å². The summed E-state index contributed by atoms with van der Waals surface area (Å²) < 4.78 is 0. The average molecular weight is 351 g/mol. The molecule has 3 aliphatic carbocycles. The van der Waals surface area contributed by atoms with Crippen LogP contribution in [0.5, 0.6) is 0 Å². The van der Waals surface area contributed by atoms with Gasteiger partial charge >= 0.3 is 5.97 Å². The van der Waals surface area contributed by atoms with Crippen molar-refractivity contribution in [2.24, 2.45) is 23.2 Å². The molecule has 0 aromatic heterocycles. The number of carbonyl (C=O) groups excluding carboxylic acids is 2. The van der Waals surface area contributed by atoms with Crippen LogP contribution in [0, 0.1) is 23.2 Å². The molecule has 142 valence electrons. The Labute approximate surface area is 150 Å². The second kappa shape index (κ2) is 8.33. The van der Waals surface area contributed by atoms with Gasteiger partial charge in [-0.3, -0.25) is 14.4 Å². The molecule has 1 unspecified atom stereocenters. The molecular formula is C20H33NO4. The minimum atomic E-state index is -0.805. The summed E-state index contributed by atoms with van der Waals surface area (Å²) in [6.07, 6.45) is 5.86. The van der Waals surface area contributed by atoms with Crippen molar-refractivity contribution in [3.05, 3.63) is 0 Å². The van der Waals surface area contributed by atoms with Crippen LogP contribution in [0.25, 0.3) is 0 Å². The zero-order chi connectivity index (χ0) is 18.6. The van der Waals surface area contributed by atoms with Crippen LogP contribution in [0.2, 0.25) is 0 Å². The number of fused-ring (bicyclic) bond motifs is 2. The highest BCUT2D eigenvalue weighted by molar-refractivity contribution is 5.79. The van der Waals surface area contributed by atoms with E-state index in [1.54, 1.807) is 0 Å². The van der Waals surface area contributed by atoms with E-state index in [0.717, 1.165) is 19.3 Å². The van der Waals surface area contributed by atoms with Crippen LogP contribution >= 0.6 is 0 Å². The molecule has 0 aromatic rings. The lowest BCUT2D eigenvalue weighted by atomic mass is 9.44. The number of rotatable bonds is 10. The first-order chi connectivity index (χ1) is 11.8. The van der Waals surface area contributed by atoms with Gasteiger partial charge in [-0.15, -0.1) is 0 Å². The fourth-order valence-corrected chi connectivity index (χ4v) is 4.81. The van der Waals surface area contributed by atoms with E-state index in [1.807, 2.05) is 6.92 Å². The maximum Gasteiger partial charge on any atom is 0.303 e. The van der Waals surface area contributed by atoms with Gasteiger partial charge in [-0.25, -0.2) is 0 Å². The number of amides is 1. The summed E-state index contributed by atoms with van der Waals surface area (Å²) in [5, 5.41) is 11.9. The average Bonchev–Trinajstić information content (AvgIpc) is 2.52. The smallest absolute Gasteiger partial charge is 0.303 e. The Morgan fingerprint density at radius 1 is 1.08 bits per heavy atom.